The molecule has 0 aliphatic carbocycles. The molecule has 0 saturated heterocycles. The molecule has 0 radical (unpaired) electrons. The first-order valence-electron chi connectivity index (χ1n) is 3.34. The number of hydrogen-bond acceptors (Lipinski definition) is 4. The summed E-state index contributed by atoms with van der Waals surface area (Å²) in [6.07, 6.45) is -0.511. The first kappa shape index (κ1) is 10.3. The minimum absolute atomic E-state index is 0.0618. The van der Waals surface area contributed by atoms with E-state index in [0.29, 0.717) is 12.9 Å². The minimum Gasteiger partial charge on any atom is -0.374 e. The van der Waals surface area contributed by atoms with Crippen molar-refractivity contribution in [3.8, 4) is 0 Å². The van der Waals surface area contributed by atoms with Gasteiger partial charge in [0, 0.05) is 13.7 Å². The first-order chi connectivity index (χ1) is 5.26. The van der Waals surface area contributed by atoms with E-state index in [1.165, 1.54) is 7.11 Å². The molecule has 4 heteroatoms. The summed E-state index contributed by atoms with van der Waals surface area (Å²) in [7, 11) is 1.31. The highest BCUT2D eigenvalue weighted by Gasteiger charge is 2.15. The van der Waals surface area contributed by atoms with Crippen molar-refractivity contribution in [1.29, 1.82) is 0 Å². The molecular formula is C7H12O4. The van der Waals surface area contributed by atoms with Crippen LogP contribution in [0.15, 0.2) is 0 Å². The van der Waals surface area contributed by atoms with Crippen molar-refractivity contribution in [1.82, 2.24) is 0 Å². The summed E-state index contributed by atoms with van der Waals surface area (Å²) in [5.41, 5.74) is 0. The summed E-state index contributed by atoms with van der Waals surface area (Å²) in [4.78, 5) is 21.0. The second-order valence-electron chi connectivity index (χ2n) is 1.90. The van der Waals surface area contributed by atoms with Crippen LogP contribution in [0.5, 0.6) is 0 Å². The van der Waals surface area contributed by atoms with Gasteiger partial charge in [0.15, 0.2) is 18.2 Å². The Bertz CT molecular complexity index is 132. The zero-order valence-electron chi connectivity index (χ0n) is 6.70. The SMILES string of the molecule is CCOCC(=O)C(C=O)OC. The van der Waals surface area contributed by atoms with Gasteiger partial charge in [-0.25, -0.2) is 0 Å². The Balaban J connectivity index is 3.69. The van der Waals surface area contributed by atoms with E-state index in [1.807, 2.05) is 0 Å². The molecular weight excluding hydrogens is 148 g/mol. The molecule has 0 aromatic carbocycles. The lowest BCUT2D eigenvalue weighted by Crippen LogP contribution is -2.28. The zero-order chi connectivity index (χ0) is 8.69. The van der Waals surface area contributed by atoms with Crippen LogP contribution < -0.4 is 0 Å². The van der Waals surface area contributed by atoms with Gasteiger partial charge in [-0.2, -0.15) is 0 Å². The predicted octanol–water partition coefficient (Wildman–Crippen LogP) is -0.194. The van der Waals surface area contributed by atoms with E-state index in [0.717, 1.165) is 0 Å². The molecule has 0 rings (SSSR count). The Hall–Kier alpha value is -0.740. The second kappa shape index (κ2) is 6.00. The van der Waals surface area contributed by atoms with E-state index < -0.39 is 6.10 Å². The summed E-state index contributed by atoms with van der Waals surface area (Å²) < 4.78 is 9.35. The quantitative estimate of drug-likeness (QED) is 0.399. The number of ether oxygens (including phenoxy) is 2. The highest BCUT2D eigenvalue weighted by atomic mass is 16.5. The molecule has 0 aromatic rings. The Morgan fingerprint density at radius 2 is 2.27 bits per heavy atom. The number of aldehydes is 1. The maximum absolute atomic E-state index is 10.9. The molecule has 0 aliphatic rings. The lowest BCUT2D eigenvalue weighted by Gasteiger charge is -2.05. The Morgan fingerprint density at radius 3 is 2.64 bits per heavy atom. The van der Waals surface area contributed by atoms with Gasteiger partial charge in [-0.1, -0.05) is 0 Å². The molecule has 1 atom stereocenters. The van der Waals surface area contributed by atoms with Crippen molar-refractivity contribution >= 4 is 12.1 Å². The molecule has 0 heterocycles. The van der Waals surface area contributed by atoms with Gasteiger partial charge in [-0.15, -0.1) is 0 Å². The van der Waals surface area contributed by atoms with E-state index in [4.69, 9.17) is 4.74 Å². The van der Waals surface area contributed by atoms with Crippen molar-refractivity contribution in [2.45, 2.75) is 13.0 Å². The number of carbonyl (C=O) groups is 2. The van der Waals surface area contributed by atoms with Crippen LogP contribution in [-0.4, -0.2) is 38.5 Å². The number of Topliss-reactive ketones (excluding diaryl/α,β-unsaturated/α-hetero) is 1. The van der Waals surface area contributed by atoms with Crippen LogP contribution in [0, 0.1) is 0 Å². The summed E-state index contributed by atoms with van der Waals surface area (Å²) in [6, 6.07) is 0. The van der Waals surface area contributed by atoms with Crippen molar-refractivity contribution in [3.05, 3.63) is 0 Å². The molecule has 64 valence electrons. The third-order valence-corrected chi connectivity index (χ3v) is 1.14. The smallest absolute Gasteiger partial charge is 0.194 e. The normalized spacial score (nSPS) is 12.5. The fraction of sp³-hybridized carbons (Fsp3) is 0.714. The predicted molar refractivity (Wildman–Crippen MR) is 38.4 cm³/mol. The molecule has 0 aromatic heterocycles. The summed E-state index contributed by atoms with van der Waals surface area (Å²) >= 11 is 0. The lowest BCUT2D eigenvalue weighted by atomic mass is 10.3. The van der Waals surface area contributed by atoms with Gasteiger partial charge in [-0.05, 0) is 6.92 Å². The monoisotopic (exact) mass is 160 g/mol. The topological polar surface area (TPSA) is 52.6 Å². The molecule has 0 aliphatic heterocycles. The van der Waals surface area contributed by atoms with E-state index in [2.05, 4.69) is 4.74 Å². The largest absolute Gasteiger partial charge is 0.374 e. The highest BCUT2D eigenvalue weighted by molar-refractivity contribution is 5.96. The van der Waals surface area contributed by atoms with Gasteiger partial charge in [0.1, 0.15) is 6.61 Å². The van der Waals surface area contributed by atoms with Gasteiger partial charge in [0.05, 0.1) is 0 Å². The molecule has 1 unspecified atom stereocenters. The fourth-order valence-corrected chi connectivity index (χ4v) is 0.548. The highest BCUT2D eigenvalue weighted by Crippen LogP contribution is 1.88. The Labute approximate surface area is 65.5 Å². The van der Waals surface area contributed by atoms with Crippen LogP contribution >= 0.6 is 0 Å². The van der Waals surface area contributed by atoms with Gasteiger partial charge >= 0.3 is 0 Å². The fourth-order valence-electron chi connectivity index (χ4n) is 0.548. The van der Waals surface area contributed by atoms with Crippen LogP contribution in [-0.2, 0) is 19.1 Å². The summed E-state index contributed by atoms with van der Waals surface area (Å²) in [5.74, 6) is -0.343. The second-order valence-corrected chi connectivity index (χ2v) is 1.90. The lowest BCUT2D eigenvalue weighted by molar-refractivity contribution is -0.137. The van der Waals surface area contributed by atoms with E-state index in [-0.39, 0.29) is 12.4 Å². The van der Waals surface area contributed by atoms with Crippen molar-refractivity contribution < 1.29 is 19.1 Å². The number of methoxy groups -OCH3 is 1. The third-order valence-electron chi connectivity index (χ3n) is 1.14. The van der Waals surface area contributed by atoms with Crippen molar-refractivity contribution in [2.75, 3.05) is 20.3 Å². The number of hydrogen-bond donors (Lipinski definition) is 0. The Morgan fingerprint density at radius 1 is 1.64 bits per heavy atom. The molecule has 0 fully saturated rings. The van der Waals surface area contributed by atoms with Crippen LogP contribution in [0.2, 0.25) is 0 Å². The maximum atomic E-state index is 10.9. The molecule has 0 bridgehead atoms. The molecule has 0 spiro atoms. The molecule has 0 saturated carbocycles. The number of ketones is 1. The van der Waals surface area contributed by atoms with Crippen molar-refractivity contribution in [3.63, 3.8) is 0 Å². The van der Waals surface area contributed by atoms with Crippen molar-refractivity contribution in [2.24, 2.45) is 0 Å². The van der Waals surface area contributed by atoms with Gasteiger partial charge in [0.25, 0.3) is 0 Å². The maximum Gasteiger partial charge on any atom is 0.194 e. The van der Waals surface area contributed by atoms with E-state index >= 15 is 0 Å². The number of carbonyl (C=O) groups excluding carboxylic acids is 2. The third kappa shape index (κ3) is 3.85. The standard InChI is InChI=1S/C7H12O4/c1-3-11-5-6(9)7(4-8)10-2/h4,7H,3,5H2,1-2H3. The van der Waals surface area contributed by atoms with E-state index in [9.17, 15) is 9.59 Å². The first-order valence-corrected chi connectivity index (χ1v) is 3.34. The summed E-state index contributed by atoms with van der Waals surface area (Å²) in [6.45, 7) is 2.17. The van der Waals surface area contributed by atoms with Crippen LogP contribution in [0.25, 0.3) is 0 Å². The Kier molecular flexibility index (Phi) is 5.60. The average molecular weight is 160 g/mol. The van der Waals surface area contributed by atoms with Gasteiger partial charge < -0.3 is 9.47 Å². The molecule has 11 heavy (non-hydrogen) atoms. The molecule has 4 nitrogen and oxygen atoms in total. The zero-order valence-corrected chi connectivity index (χ0v) is 6.70. The van der Waals surface area contributed by atoms with Crippen LogP contribution in [0.4, 0.5) is 0 Å². The molecule has 0 amide bonds. The van der Waals surface area contributed by atoms with Crippen LogP contribution in [0.3, 0.4) is 0 Å². The molecule has 0 N–H and O–H groups in total. The van der Waals surface area contributed by atoms with Crippen LogP contribution in [0.1, 0.15) is 6.92 Å². The van der Waals surface area contributed by atoms with E-state index in [1.54, 1.807) is 6.92 Å². The van der Waals surface area contributed by atoms with Gasteiger partial charge in [0.2, 0.25) is 0 Å². The number of rotatable bonds is 6. The van der Waals surface area contributed by atoms with Gasteiger partial charge in [-0.3, -0.25) is 9.59 Å². The summed E-state index contributed by atoms with van der Waals surface area (Å²) in [5, 5.41) is 0. The minimum atomic E-state index is -0.971. The average Bonchev–Trinajstić information content (AvgIpc) is 2.03.